The Bertz CT molecular complexity index is 1030. The predicted octanol–water partition coefficient (Wildman–Crippen LogP) is 4.52. The van der Waals surface area contributed by atoms with Crippen LogP contribution >= 0.6 is 0 Å². The summed E-state index contributed by atoms with van der Waals surface area (Å²) in [5, 5.41) is 3.50. The van der Waals surface area contributed by atoms with E-state index in [4.69, 9.17) is 4.74 Å². The van der Waals surface area contributed by atoms with Crippen molar-refractivity contribution < 1.29 is 14.3 Å². The molecule has 2 aliphatic rings. The molecular weight excluding hydrogens is 450 g/mol. The van der Waals surface area contributed by atoms with Gasteiger partial charge in [0.15, 0.2) is 0 Å². The number of ether oxygens (including phenoxy) is 1. The highest BCUT2D eigenvalue weighted by Gasteiger charge is 2.30. The zero-order valence-corrected chi connectivity index (χ0v) is 22.0. The maximum Gasteiger partial charge on any atom is 0.230 e. The van der Waals surface area contributed by atoms with Crippen LogP contribution < -0.4 is 15.0 Å². The predicted molar refractivity (Wildman–Crippen MR) is 145 cm³/mol. The average Bonchev–Trinajstić information content (AvgIpc) is 2.87. The topological polar surface area (TPSA) is 61.9 Å². The first-order valence-corrected chi connectivity index (χ1v) is 13.5. The van der Waals surface area contributed by atoms with E-state index in [1.807, 2.05) is 29.2 Å². The van der Waals surface area contributed by atoms with Crippen LogP contribution in [0.3, 0.4) is 0 Å². The van der Waals surface area contributed by atoms with Crippen LogP contribution in [0.5, 0.6) is 5.75 Å². The standard InChI is InChI=1S/C30H41N3O3/c1-4-33(27-11-8-26(22(2)18-27)21-32-16-15-31-23(3)20-32)30(35)25-9-12-28(13-10-25)36-29-7-5-6-24(19-29)14-17-34/h5-8,11,17-19,23,25,28,31H,4,9-10,12-16,20-21H2,1-3H3. The lowest BCUT2D eigenvalue weighted by molar-refractivity contribution is -0.123. The average molecular weight is 492 g/mol. The molecule has 1 unspecified atom stereocenters. The van der Waals surface area contributed by atoms with E-state index in [0.29, 0.717) is 19.0 Å². The molecule has 0 aromatic heterocycles. The summed E-state index contributed by atoms with van der Waals surface area (Å²) in [7, 11) is 0. The molecule has 6 nitrogen and oxygen atoms in total. The Labute approximate surface area is 216 Å². The molecular formula is C30H41N3O3. The Morgan fingerprint density at radius 2 is 1.97 bits per heavy atom. The van der Waals surface area contributed by atoms with E-state index >= 15 is 0 Å². The normalized spacial score (nSPS) is 22.7. The molecule has 194 valence electrons. The quantitative estimate of drug-likeness (QED) is 0.523. The van der Waals surface area contributed by atoms with Crippen LogP contribution in [-0.2, 0) is 22.6 Å². The molecule has 1 atom stereocenters. The Balaban J connectivity index is 1.33. The molecule has 2 fully saturated rings. The number of hydrogen-bond acceptors (Lipinski definition) is 5. The summed E-state index contributed by atoms with van der Waals surface area (Å²) in [5.41, 5.74) is 4.56. The second kappa shape index (κ2) is 12.5. The minimum atomic E-state index is 0.0357. The molecule has 1 heterocycles. The van der Waals surface area contributed by atoms with Gasteiger partial charge in [-0.1, -0.05) is 18.2 Å². The van der Waals surface area contributed by atoms with E-state index in [0.717, 1.165) is 75.1 Å². The molecule has 1 saturated carbocycles. The number of rotatable bonds is 9. The molecule has 36 heavy (non-hydrogen) atoms. The van der Waals surface area contributed by atoms with Gasteiger partial charge in [-0.15, -0.1) is 0 Å². The maximum atomic E-state index is 13.5. The summed E-state index contributed by atoms with van der Waals surface area (Å²) in [5.74, 6) is 1.07. The van der Waals surface area contributed by atoms with Crippen LogP contribution in [0.1, 0.15) is 56.2 Å². The van der Waals surface area contributed by atoms with Gasteiger partial charge in [0.05, 0.1) is 6.10 Å². The summed E-state index contributed by atoms with van der Waals surface area (Å²) in [6.45, 7) is 11.3. The lowest BCUT2D eigenvalue weighted by Gasteiger charge is -2.33. The minimum absolute atomic E-state index is 0.0357. The number of benzene rings is 2. The van der Waals surface area contributed by atoms with Crippen molar-refractivity contribution in [2.45, 2.75) is 71.6 Å². The molecule has 1 saturated heterocycles. The molecule has 6 heteroatoms. The smallest absolute Gasteiger partial charge is 0.230 e. The number of carbonyl (C=O) groups excluding carboxylic acids is 2. The van der Waals surface area contributed by atoms with E-state index < -0.39 is 0 Å². The van der Waals surface area contributed by atoms with Gasteiger partial charge in [-0.25, -0.2) is 0 Å². The van der Waals surface area contributed by atoms with Gasteiger partial charge in [-0.3, -0.25) is 9.69 Å². The largest absolute Gasteiger partial charge is 0.490 e. The monoisotopic (exact) mass is 491 g/mol. The van der Waals surface area contributed by atoms with Crippen molar-refractivity contribution in [3.8, 4) is 5.75 Å². The molecule has 2 aromatic rings. The number of carbonyl (C=O) groups is 2. The highest BCUT2D eigenvalue weighted by molar-refractivity contribution is 5.95. The first-order valence-electron chi connectivity index (χ1n) is 13.5. The van der Waals surface area contributed by atoms with Crippen LogP contribution in [0.2, 0.25) is 0 Å². The summed E-state index contributed by atoms with van der Waals surface area (Å²) in [6.07, 6.45) is 4.85. The molecule has 1 aliphatic carbocycles. The molecule has 0 spiro atoms. The van der Waals surface area contributed by atoms with Crippen molar-refractivity contribution in [2.75, 3.05) is 31.1 Å². The van der Waals surface area contributed by atoms with Crippen molar-refractivity contribution >= 4 is 17.9 Å². The molecule has 0 radical (unpaired) electrons. The van der Waals surface area contributed by atoms with Crippen molar-refractivity contribution in [1.29, 1.82) is 0 Å². The number of nitrogens with one attached hydrogen (secondary N) is 1. The number of aldehydes is 1. The van der Waals surface area contributed by atoms with E-state index in [-0.39, 0.29) is 17.9 Å². The van der Waals surface area contributed by atoms with Gasteiger partial charge in [-0.05, 0) is 87.4 Å². The fourth-order valence-electron chi connectivity index (χ4n) is 5.57. The number of amides is 1. The Kier molecular flexibility index (Phi) is 9.16. The summed E-state index contributed by atoms with van der Waals surface area (Å²) < 4.78 is 6.19. The van der Waals surface area contributed by atoms with Gasteiger partial charge in [0.25, 0.3) is 0 Å². The van der Waals surface area contributed by atoms with Crippen molar-refractivity contribution in [3.63, 3.8) is 0 Å². The SMILES string of the molecule is CCN(C(=O)C1CCC(Oc2cccc(CC=O)c2)CC1)c1ccc(CN2CCNC(C)C2)c(C)c1. The third-order valence-corrected chi connectivity index (χ3v) is 7.61. The Morgan fingerprint density at radius 3 is 2.67 bits per heavy atom. The molecule has 1 amide bonds. The molecule has 2 aromatic carbocycles. The van der Waals surface area contributed by atoms with Crippen LogP contribution in [0.15, 0.2) is 42.5 Å². The fourth-order valence-corrected chi connectivity index (χ4v) is 5.57. The second-order valence-corrected chi connectivity index (χ2v) is 10.4. The number of nitrogens with zero attached hydrogens (tertiary/aromatic N) is 2. The Morgan fingerprint density at radius 1 is 1.17 bits per heavy atom. The Hall–Kier alpha value is -2.70. The highest BCUT2D eigenvalue weighted by Crippen LogP contribution is 2.31. The third-order valence-electron chi connectivity index (χ3n) is 7.61. The third kappa shape index (κ3) is 6.74. The zero-order chi connectivity index (χ0) is 25.5. The summed E-state index contributed by atoms with van der Waals surface area (Å²) in [6, 6.07) is 14.8. The highest BCUT2D eigenvalue weighted by atomic mass is 16.5. The van der Waals surface area contributed by atoms with Gasteiger partial charge in [-0.2, -0.15) is 0 Å². The number of aryl methyl sites for hydroxylation is 1. The molecule has 0 bridgehead atoms. The lowest BCUT2D eigenvalue weighted by atomic mass is 9.86. The zero-order valence-electron chi connectivity index (χ0n) is 22.0. The first kappa shape index (κ1) is 26.4. The van der Waals surface area contributed by atoms with Gasteiger partial charge in [0, 0.05) is 56.8 Å². The van der Waals surface area contributed by atoms with Crippen LogP contribution in [-0.4, -0.2) is 55.4 Å². The van der Waals surface area contributed by atoms with Crippen LogP contribution in [0.25, 0.3) is 0 Å². The van der Waals surface area contributed by atoms with Gasteiger partial charge in [0.1, 0.15) is 12.0 Å². The number of piperazine rings is 1. The van der Waals surface area contributed by atoms with Gasteiger partial charge < -0.3 is 19.7 Å². The number of hydrogen-bond donors (Lipinski definition) is 1. The minimum Gasteiger partial charge on any atom is -0.490 e. The van der Waals surface area contributed by atoms with Gasteiger partial charge >= 0.3 is 0 Å². The van der Waals surface area contributed by atoms with E-state index in [1.54, 1.807) is 0 Å². The number of anilines is 1. The van der Waals surface area contributed by atoms with Crippen molar-refractivity contribution in [3.05, 3.63) is 59.2 Å². The van der Waals surface area contributed by atoms with Crippen LogP contribution in [0, 0.1) is 12.8 Å². The lowest BCUT2D eigenvalue weighted by Crippen LogP contribution is -2.48. The fraction of sp³-hybridized carbons (Fsp3) is 0.533. The van der Waals surface area contributed by atoms with Crippen LogP contribution in [0.4, 0.5) is 5.69 Å². The molecule has 1 N–H and O–H groups in total. The summed E-state index contributed by atoms with van der Waals surface area (Å²) >= 11 is 0. The first-order chi connectivity index (χ1) is 17.5. The van der Waals surface area contributed by atoms with E-state index in [9.17, 15) is 9.59 Å². The van der Waals surface area contributed by atoms with Crippen molar-refractivity contribution in [2.24, 2.45) is 5.92 Å². The summed E-state index contributed by atoms with van der Waals surface area (Å²) in [4.78, 5) is 28.8. The van der Waals surface area contributed by atoms with E-state index in [2.05, 4.69) is 49.2 Å². The van der Waals surface area contributed by atoms with Crippen molar-refractivity contribution in [1.82, 2.24) is 10.2 Å². The molecule has 4 rings (SSSR count). The maximum absolute atomic E-state index is 13.5. The van der Waals surface area contributed by atoms with Gasteiger partial charge in [0.2, 0.25) is 5.91 Å². The van der Waals surface area contributed by atoms with E-state index in [1.165, 1.54) is 11.1 Å². The second-order valence-electron chi connectivity index (χ2n) is 10.4. The molecule has 1 aliphatic heterocycles.